The van der Waals surface area contributed by atoms with E-state index in [4.69, 9.17) is 4.42 Å². The van der Waals surface area contributed by atoms with Crippen LogP contribution in [0.3, 0.4) is 0 Å². The lowest BCUT2D eigenvalue weighted by Crippen LogP contribution is -2.25. The molecule has 8 heteroatoms. The molecule has 3 aromatic rings. The quantitative estimate of drug-likeness (QED) is 0.546. The highest BCUT2D eigenvalue weighted by atomic mass is 32.2. The first-order valence-electron chi connectivity index (χ1n) is 7.16. The highest BCUT2D eigenvalue weighted by Crippen LogP contribution is 2.21. The van der Waals surface area contributed by atoms with Gasteiger partial charge in [-0.25, -0.2) is 13.1 Å². The summed E-state index contributed by atoms with van der Waals surface area (Å²) in [5.41, 5.74) is 1.52. The Morgan fingerprint density at radius 1 is 1.08 bits per heavy atom. The number of rotatable bonds is 6. The summed E-state index contributed by atoms with van der Waals surface area (Å²) in [5.74, 6) is 0. The van der Waals surface area contributed by atoms with Crippen molar-refractivity contribution in [3.63, 3.8) is 0 Å². The molecular formula is C16H14N2O5S. The topological polar surface area (TPSA) is 102 Å². The number of para-hydroxylation sites is 1. The third-order valence-electron chi connectivity index (χ3n) is 3.61. The van der Waals surface area contributed by atoms with Crippen LogP contribution >= 0.6 is 0 Å². The first-order valence-corrected chi connectivity index (χ1v) is 8.65. The maximum absolute atomic E-state index is 12.2. The van der Waals surface area contributed by atoms with Gasteiger partial charge in [-0.15, -0.1) is 0 Å². The number of nitrogens with zero attached hydrogens (tertiary/aromatic N) is 1. The summed E-state index contributed by atoms with van der Waals surface area (Å²) in [4.78, 5) is 10.0. The summed E-state index contributed by atoms with van der Waals surface area (Å²) < 4.78 is 32.3. The van der Waals surface area contributed by atoms with Gasteiger partial charge in [-0.3, -0.25) is 10.1 Å². The number of nitro groups is 1. The van der Waals surface area contributed by atoms with Crippen molar-refractivity contribution in [1.29, 1.82) is 0 Å². The molecule has 0 aliphatic heterocycles. The van der Waals surface area contributed by atoms with Crippen LogP contribution in [0.2, 0.25) is 0 Å². The number of nitro benzene ring substituents is 1. The van der Waals surface area contributed by atoms with E-state index >= 15 is 0 Å². The van der Waals surface area contributed by atoms with Gasteiger partial charge >= 0.3 is 0 Å². The van der Waals surface area contributed by atoms with E-state index in [9.17, 15) is 18.5 Å². The van der Waals surface area contributed by atoms with Crippen LogP contribution in [0, 0.1) is 10.1 Å². The molecule has 1 aromatic heterocycles. The number of benzene rings is 2. The van der Waals surface area contributed by atoms with Gasteiger partial charge in [0.1, 0.15) is 5.58 Å². The number of non-ortho nitro benzene ring substituents is 1. The Balaban J connectivity index is 1.68. The lowest BCUT2D eigenvalue weighted by atomic mass is 10.1. The molecule has 0 radical (unpaired) electrons. The maximum atomic E-state index is 12.2. The van der Waals surface area contributed by atoms with Gasteiger partial charge < -0.3 is 4.42 Å². The summed E-state index contributed by atoms with van der Waals surface area (Å²) >= 11 is 0. The number of nitrogens with one attached hydrogen (secondary N) is 1. The molecule has 0 saturated heterocycles. The fourth-order valence-corrected chi connectivity index (χ4v) is 3.41. The second kappa shape index (κ2) is 6.42. The molecular weight excluding hydrogens is 332 g/mol. The zero-order valence-corrected chi connectivity index (χ0v) is 13.3. The summed E-state index contributed by atoms with van der Waals surface area (Å²) in [7, 11) is -3.71. The van der Waals surface area contributed by atoms with Crippen molar-refractivity contribution in [1.82, 2.24) is 4.72 Å². The lowest BCUT2D eigenvalue weighted by Gasteiger charge is -2.06. The Bertz CT molecular complexity index is 977. The van der Waals surface area contributed by atoms with E-state index in [2.05, 4.69) is 4.72 Å². The zero-order valence-electron chi connectivity index (χ0n) is 12.5. The molecule has 0 spiro atoms. The first-order chi connectivity index (χ1) is 11.5. The average Bonchev–Trinajstić information content (AvgIpc) is 2.98. The van der Waals surface area contributed by atoms with E-state index in [-0.39, 0.29) is 17.1 Å². The van der Waals surface area contributed by atoms with Crippen LogP contribution in [0.4, 0.5) is 5.69 Å². The molecule has 0 aliphatic rings. The Morgan fingerprint density at radius 3 is 2.50 bits per heavy atom. The summed E-state index contributed by atoms with van der Waals surface area (Å²) in [5, 5.41) is 11.6. The van der Waals surface area contributed by atoms with Crippen molar-refractivity contribution < 1.29 is 17.8 Å². The molecule has 0 amide bonds. The second-order valence-corrected chi connectivity index (χ2v) is 6.92. The zero-order chi connectivity index (χ0) is 17.2. The van der Waals surface area contributed by atoms with Gasteiger partial charge in [0.05, 0.1) is 16.1 Å². The van der Waals surface area contributed by atoms with Gasteiger partial charge in [0.2, 0.25) is 10.0 Å². The standard InChI is InChI=1S/C16H14N2O5S/c19-18(20)13-5-7-14(8-6-13)24(21,22)17-10-9-12-11-23-16-4-2-1-3-15(12)16/h1-8,11,17H,9-10H2. The maximum Gasteiger partial charge on any atom is 0.269 e. The van der Waals surface area contributed by atoms with Gasteiger partial charge in [-0.2, -0.15) is 0 Å². The Hall–Kier alpha value is -2.71. The highest BCUT2D eigenvalue weighted by Gasteiger charge is 2.15. The number of furan rings is 1. The minimum atomic E-state index is -3.71. The second-order valence-electron chi connectivity index (χ2n) is 5.16. The molecule has 0 fully saturated rings. The predicted octanol–water partition coefficient (Wildman–Crippen LogP) is 2.86. The van der Waals surface area contributed by atoms with Crippen LogP contribution in [0.5, 0.6) is 0 Å². The number of hydrogen-bond donors (Lipinski definition) is 1. The van der Waals surface area contributed by atoms with Gasteiger partial charge in [-0.05, 0) is 30.2 Å². The van der Waals surface area contributed by atoms with E-state index < -0.39 is 14.9 Å². The summed E-state index contributed by atoms with van der Waals surface area (Å²) in [6.07, 6.45) is 2.09. The largest absolute Gasteiger partial charge is 0.464 e. The van der Waals surface area contributed by atoms with Crippen LogP contribution < -0.4 is 4.72 Å². The van der Waals surface area contributed by atoms with E-state index in [1.165, 1.54) is 12.1 Å². The molecule has 7 nitrogen and oxygen atoms in total. The lowest BCUT2D eigenvalue weighted by molar-refractivity contribution is -0.384. The van der Waals surface area contributed by atoms with E-state index in [1.54, 1.807) is 6.26 Å². The Morgan fingerprint density at radius 2 is 1.79 bits per heavy atom. The predicted molar refractivity (Wildman–Crippen MR) is 88.2 cm³/mol. The fourth-order valence-electron chi connectivity index (χ4n) is 2.38. The molecule has 0 saturated carbocycles. The molecule has 3 rings (SSSR count). The molecule has 24 heavy (non-hydrogen) atoms. The van der Waals surface area contributed by atoms with Crippen molar-refractivity contribution in [2.24, 2.45) is 0 Å². The van der Waals surface area contributed by atoms with Crippen molar-refractivity contribution in [3.05, 3.63) is 70.5 Å². The summed E-state index contributed by atoms with van der Waals surface area (Å²) in [6, 6.07) is 12.3. The molecule has 1 heterocycles. The van der Waals surface area contributed by atoms with Crippen molar-refractivity contribution in [2.45, 2.75) is 11.3 Å². The minimum absolute atomic E-state index is 0.00912. The smallest absolute Gasteiger partial charge is 0.269 e. The van der Waals surface area contributed by atoms with Crippen LogP contribution in [0.1, 0.15) is 5.56 Å². The average molecular weight is 346 g/mol. The Kier molecular flexibility index (Phi) is 4.32. The molecule has 0 atom stereocenters. The number of fused-ring (bicyclic) bond motifs is 1. The SMILES string of the molecule is O=[N+]([O-])c1ccc(S(=O)(=O)NCCc2coc3ccccc23)cc1. The van der Waals surface area contributed by atoms with Crippen molar-refractivity contribution in [3.8, 4) is 0 Å². The van der Waals surface area contributed by atoms with Crippen molar-refractivity contribution in [2.75, 3.05) is 6.54 Å². The molecule has 2 aromatic carbocycles. The molecule has 0 aliphatic carbocycles. The van der Waals surface area contributed by atoms with Crippen LogP contribution in [-0.2, 0) is 16.4 Å². The minimum Gasteiger partial charge on any atom is -0.464 e. The third-order valence-corrected chi connectivity index (χ3v) is 5.08. The normalized spacial score (nSPS) is 11.7. The monoisotopic (exact) mass is 346 g/mol. The van der Waals surface area contributed by atoms with E-state index in [0.717, 1.165) is 28.7 Å². The number of sulfonamides is 1. The van der Waals surface area contributed by atoms with Gasteiger partial charge in [0.25, 0.3) is 5.69 Å². The molecule has 0 bridgehead atoms. The van der Waals surface area contributed by atoms with Crippen LogP contribution in [-0.4, -0.2) is 19.9 Å². The van der Waals surface area contributed by atoms with Crippen LogP contribution in [0.15, 0.2) is 64.1 Å². The summed E-state index contributed by atoms with van der Waals surface area (Å²) in [6.45, 7) is 0.197. The van der Waals surface area contributed by atoms with Crippen LogP contribution in [0.25, 0.3) is 11.0 Å². The fraction of sp³-hybridized carbons (Fsp3) is 0.125. The van der Waals surface area contributed by atoms with Gasteiger partial charge in [-0.1, -0.05) is 18.2 Å². The molecule has 1 N–H and O–H groups in total. The third kappa shape index (κ3) is 3.29. The highest BCUT2D eigenvalue weighted by molar-refractivity contribution is 7.89. The van der Waals surface area contributed by atoms with Crippen molar-refractivity contribution >= 4 is 26.7 Å². The molecule has 124 valence electrons. The first kappa shape index (κ1) is 16.2. The molecule has 0 unspecified atom stereocenters. The van der Waals surface area contributed by atoms with E-state index in [1.807, 2.05) is 24.3 Å². The van der Waals surface area contributed by atoms with Gasteiger partial charge in [0, 0.05) is 24.1 Å². The van der Waals surface area contributed by atoms with E-state index in [0.29, 0.717) is 6.42 Å². The van der Waals surface area contributed by atoms with Gasteiger partial charge in [0.15, 0.2) is 0 Å². The number of hydrogen-bond acceptors (Lipinski definition) is 5. The Labute approximate surface area is 138 Å².